The van der Waals surface area contributed by atoms with Crippen LogP contribution in [-0.2, 0) is 28.6 Å². The number of rotatable bonds is 69. The van der Waals surface area contributed by atoms with Gasteiger partial charge in [0.25, 0.3) is 0 Å². The van der Waals surface area contributed by atoms with E-state index in [1.54, 1.807) is 0 Å². The molecule has 0 amide bonds. The van der Waals surface area contributed by atoms with Crippen molar-refractivity contribution in [3.05, 3.63) is 36.5 Å². The van der Waals surface area contributed by atoms with Crippen LogP contribution in [0.3, 0.4) is 0 Å². The normalized spacial score (nSPS) is 12.2. The smallest absolute Gasteiger partial charge is 0.306 e. The third kappa shape index (κ3) is 68.4. The predicted molar refractivity (Wildman–Crippen MR) is 358 cm³/mol. The molecule has 0 aromatic heterocycles. The molecular formula is C76H142O6. The zero-order valence-electron chi connectivity index (χ0n) is 55.5. The lowest BCUT2D eigenvalue weighted by Gasteiger charge is -2.18. The molecule has 0 saturated carbocycles. The van der Waals surface area contributed by atoms with Crippen molar-refractivity contribution in [3.8, 4) is 0 Å². The van der Waals surface area contributed by atoms with E-state index >= 15 is 0 Å². The van der Waals surface area contributed by atoms with Crippen molar-refractivity contribution in [1.82, 2.24) is 0 Å². The second kappa shape index (κ2) is 71.1. The van der Waals surface area contributed by atoms with Gasteiger partial charge in [0.15, 0.2) is 6.10 Å². The molecule has 482 valence electrons. The first kappa shape index (κ1) is 79.6. The van der Waals surface area contributed by atoms with Crippen molar-refractivity contribution in [2.45, 2.75) is 419 Å². The average molecular weight is 1150 g/mol. The minimum atomic E-state index is -0.773. The van der Waals surface area contributed by atoms with E-state index in [9.17, 15) is 14.4 Å². The molecule has 0 saturated heterocycles. The Morgan fingerprint density at radius 3 is 0.683 bits per heavy atom. The molecule has 0 rings (SSSR count). The summed E-state index contributed by atoms with van der Waals surface area (Å²) in [5.74, 6) is -0.845. The third-order valence-electron chi connectivity index (χ3n) is 16.9. The molecule has 0 radical (unpaired) electrons. The monoisotopic (exact) mass is 1150 g/mol. The van der Waals surface area contributed by atoms with Crippen LogP contribution in [0, 0.1) is 0 Å². The molecular weight excluding hydrogens is 1010 g/mol. The van der Waals surface area contributed by atoms with Crippen LogP contribution in [0.1, 0.15) is 412 Å². The molecule has 0 aromatic rings. The highest BCUT2D eigenvalue weighted by molar-refractivity contribution is 5.71. The summed E-state index contributed by atoms with van der Waals surface area (Å²) in [7, 11) is 0. The van der Waals surface area contributed by atoms with E-state index in [1.165, 1.54) is 302 Å². The van der Waals surface area contributed by atoms with Gasteiger partial charge in [0, 0.05) is 19.3 Å². The van der Waals surface area contributed by atoms with Crippen LogP contribution in [0.15, 0.2) is 36.5 Å². The van der Waals surface area contributed by atoms with E-state index in [0.717, 1.165) is 70.6 Å². The second-order valence-electron chi connectivity index (χ2n) is 25.2. The molecule has 0 aliphatic carbocycles. The van der Waals surface area contributed by atoms with Crippen molar-refractivity contribution in [2.24, 2.45) is 0 Å². The average Bonchev–Trinajstić information content (AvgIpc) is 3.47. The van der Waals surface area contributed by atoms with Crippen molar-refractivity contribution in [2.75, 3.05) is 13.2 Å². The summed E-state index contributed by atoms with van der Waals surface area (Å²) in [6.07, 6.45) is 89.0. The van der Waals surface area contributed by atoms with Crippen molar-refractivity contribution < 1.29 is 28.6 Å². The first-order valence-corrected chi connectivity index (χ1v) is 37.0. The number of allylic oxidation sites excluding steroid dienone is 6. The number of hydrogen-bond acceptors (Lipinski definition) is 6. The summed E-state index contributed by atoms with van der Waals surface area (Å²) < 4.78 is 17.0. The Morgan fingerprint density at radius 1 is 0.244 bits per heavy atom. The maximum absolute atomic E-state index is 13.0. The summed E-state index contributed by atoms with van der Waals surface area (Å²) >= 11 is 0. The van der Waals surface area contributed by atoms with Gasteiger partial charge in [-0.3, -0.25) is 14.4 Å². The van der Waals surface area contributed by atoms with E-state index in [0.29, 0.717) is 19.3 Å². The number of carbonyl (C=O) groups is 3. The molecule has 0 spiro atoms. The number of hydrogen-bond donors (Lipinski definition) is 0. The quantitative estimate of drug-likeness (QED) is 0.0261. The highest BCUT2D eigenvalue weighted by atomic mass is 16.6. The van der Waals surface area contributed by atoms with E-state index in [4.69, 9.17) is 14.2 Å². The third-order valence-corrected chi connectivity index (χ3v) is 16.9. The molecule has 82 heavy (non-hydrogen) atoms. The lowest BCUT2D eigenvalue weighted by atomic mass is 10.0. The lowest BCUT2D eigenvalue weighted by molar-refractivity contribution is -0.167. The highest BCUT2D eigenvalue weighted by Crippen LogP contribution is 2.19. The van der Waals surface area contributed by atoms with Gasteiger partial charge in [0.1, 0.15) is 13.2 Å². The predicted octanol–water partition coefficient (Wildman–Crippen LogP) is 25.5. The Balaban J connectivity index is 4.17. The Kier molecular flexibility index (Phi) is 69.1. The minimum Gasteiger partial charge on any atom is -0.462 e. The van der Waals surface area contributed by atoms with Gasteiger partial charge < -0.3 is 14.2 Å². The Hall–Kier alpha value is -2.37. The highest BCUT2D eigenvalue weighted by Gasteiger charge is 2.19. The number of carbonyl (C=O) groups excluding carboxylic acids is 3. The van der Waals surface area contributed by atoms with Crippen LogP contribution in [0.25, 0.3) is 0 Å². The summed E-state index contributed by atoms with van der Waals surface area (Å²) in [5, 5.41) is 0. The summed E-state index contributed by atoms with van der Waals surface area (Å²) in [5.41, 5.74) is 0. The van der Waals surface area contributed by atoms with Gasteiger partial charge in [-0.2, -0.15) is 0 Å². The fraction of sp³-hybridized carbons (Fsp3) is 0.882. The van der Waals surface area contributed by atoms with Gasteiger partial charge in [-0.1, -0.05) is 353 Å². The SMILES string of the molecule is CCCCCCC/C=C\C/C=C\CCCCCCCCCCCCCCCCCCCCCC(=O)OCC(COC(=O)CCCCCCC/C=C\CCCCCCC)OC(=O)CCCCCCCCCCCCCCCCCCCCC. The lowest BCUT2D eigenvalue weighted by Crippen LogP contribution is -2.30. The fourth-order valence-corrected chi connectivity index (χ4v) is 11.3. The van der Waals surface area contributed by atoms with Crippen LogP contribution < -0.4 is 0 Å². The van der Waals surface area contributed by atoms with E-state index in [2.05, 4.69) is 57.2 Å². The zero-order valence-corrected chi connectivity index (χ0v) is 55.5. The van der Waals surface area contributed by atoms with Crippen LogP contribution >= 0.6 is 0 Å². The number of ether oxygens (including phenoxy) is 3. The first-order valence-electron chi connectivity index (χ1n) is 37.0. The van der Waals surface area contributed by atoms with E-state index in [1.807, 2.05) is 0 Å². The molecule has 1 atom stereocenters. The fourth-order valence-electron chi connectivity index (χ4n) is 11.3. The van der Waals surface area contributed by atoms with Gasteiger partial charge in [-0.25, -0.2) is 0 Å². The van der Waals surface area contributed by atoms with Gasteiger partial charge in [-0.05, 0) is 77.0 Å². The van der Waals surface area contributed by atoms with Gasteiger partial charge in [-0.15, -0.1) is 0 Å². The summed E-state index contributed by atoms with van der Waals surface area (Å²) in [4.78, 5) is 38.4. The van der Waals surface area contributed by atoms with Crippen molar-refractivity contribution >= 4 is 17.9 Å². The Morgan fingerprint density at radius 2 is 0.439 bits per heavy atom. The molecule has 0 N–H and O–H groups in total. The molecule has 0 aromatic carbocycles. The van der Waals surface area contributed by atoms with Crippen LogP contribution in [0.5, 0.6) is 0 Å². The van der Waals surface area contributed by atoms with Crippen molar-refractivity contribution in [3.63, 3.8) is 0 Å². The minimum absolute atomic E-state index is 0.0683. The van der Waals surface area contributed by atoms with Gasteiger partial charge in [0.05, 0.1) is 0 Å². The van der Waals surface area contributed by atoms with Crippen LogP contribution in [-0.4, -0.2) is 37.2 Å². The van der Waals surface area contributed by atoms with Gasteiger partial charge in [0.2, 0.25) is 0 Å². The molecule has 6 nitrogen and oxygen atoms in total. The standard InChI is InChI=1S/C76H142O6/c1-4-7-10-13-16-19-22-25-28-30-32-33-34-35-36-37-38-39-40-41-42-43-45-46-48-51-54-57-60-63-66-69-75(78)81-72-73(71-80-74(77)68-65-62-59-56-53-50-27-24-21-18-15-12-9-6-3)82-76(79)70-67-64-61-58-55-52-49-47-44-31-29-26-23-20-17-14-11-8-5-2/h22,24-25,27,30,32,73H,4-21,23,26,28-29,31,33-72H2,1-3H3/b25-22-,27-24-,32-30-. The Labute approximate surface area is 512 Å². The van der Waals surface area contributed by atoms with Crippen molar-refractivity contribution in [1.29, 1.82) is 0 Å². The molecule has 0 aliphatic rings. The number of esters is 3. The van der Waals surface area contributed by atoms with Gasteiger partial charge >= 0.3 is 17.9 Å². The molecule has 0 fully saturated rings. The zero-order chi connectivity index (χ0) is 59.2. The maximum Gasteiger partial charge on any atom is 0.306 e. The Bertz CT molecular complexity index is 1370. The molecule has 0 heterocycles. The van der Waals surface area contributed by atoms with Crippen LogP contribution in [0.4, 0.5) is 0 Å². The molecule has 0 aliphatic heterocycles. The first-order chi connectivity index (χ1) is 40.5. The molecule has 6 heteroatoms. The second-order valence-corrected chi connectivity index (χ2v) is 25.2. The molecule has 1 unspecified atom stereocenters. The number of unbranched alkanes of at least 4 members (excludes halogenated alkanes) is 52. The molecule has 0 bridgehead atoms. The largest absolute Gasteiger partial charge is 0.462 e. The summed E-state index contributed by atoms with van der Waals surface area (Å²) in [6.45, 7) is 6.69. The van der Waals surface area contributed by atoms with Crippen LogP contribution in [0.2, 0.25) is 0 Å². The topological polar surface area (TPSA) is 78.9 Å². The summed E-state index contributed by atoms with van der Waals surface area (Å²) in [6, 6.07) is 0. The van der Waals surface area contributed by atoms with E-state index < -0.39 is 6.10 Å². The maximum atomic E-state index is 13.0. The van der Waals surface area contributed by atoms with E-state index in [-0.39, 0.29) is 31.1 Å².